The summed E-state index contributed by atoms with van der Waals surface area (Å²) >= 11 is 0. The first-order valence-corrected chi connectivity index (χ1v) is 16.1. The Balaban J connectivity index is 1.11. The average molecular weight is 625 g/mol. The molecule has 2 amide bonds. The van der Waals surface area contributed by atoms with Crippen LogP contribution in [0.2, 0.25) is 0 Å². The van der Waals surface area contributed by atoms with Crippen LogP contribution in [0, 0.1) is 0 Å². The van der Waals surface area contributed by atoms with Gasteiger partial charge in [-0.25, -0.2) is 19.6 Å². The van der Waals surface area contributed by atoms with E-state index in [4.69, 9.17) is 9.47 Å². The van der Waals surface area contributed by atoms with Crippen molar-refractivity contribution in [2.75, 3.05) is 13.1 Å². The van der Waals surface area contributed by atoms with Crippen molar-refractivity contribution in [3.8, 4) is 33.6 Å². The lowest BCUT2D eigenvalue weighted by Crippen LogP contribution is -2.36. The number of rotatable bonds is 5. The third-order valence-electron chi connectivity index (χ3n) is 8.31. The average Bonchev–Trinajstić information content (AvgIpc) is 3.82. The maximum Gasteiger partial charge on any atom is 0.410 e. The normalized spacial score (nSPS) is 18.7. The number of benzene rings is 2. The Kier molecular flexibility index (Phi) is 8.39. The Hall–Kier alpha value is -4.60. The van der Waals surface area contributed by atoms with E-state index in [0.717, 1.165) is 71.0 Å². The van der Waals surface area contributed by atoms with E-state index in [-0.39, 0.29) is 24.3 Å². The molecule has 0 spiro atoms. The first-order chi connectivity index (χ1) is 21.8. The van der Waals surface area contributed by atoms with Gasteiger partial charge in [0.05, 0.1) is 35.9 Å². The van der Waals surface area contributed by atoms with E-state index < -0.39 is 11.2 Å². The van der Waals surface area contributed by atoms with Crippen molar-refractivity contribution in [1.29, 1.82) is 0 Å². The number of aromatic amines is 2. The zero-order chi connectivity index (χ0) is 32.6. The maximum absolute atomic E-state index is 12.8. The topological polar surface area (TPSA) is 116 Å². The number of aromatic nitrogens is 4. The Morgan fingerprint density at radius 1 is 0.630 bits per heavy atom. The van der Waals surface area contributed by atoms with Gasteiger partial charge < -0.3 is 19.4 Å². The smallest absolute Gasteiger partial charge is 0.410 e. The molecule has 2 aliphatic heterocycles. The first-order valence-electron chi connectivity index (χ1n) is 16.1. The molecule has 2 N–H and O–H groups in total. The lowest BCUT2D eigenvalue weighted by atomic mass is 10.0. The van der Waals surface area contributed by atoms with Crippen LogP contribution in [0.3, 0.4) is 0 Å². The highest BCUT2D eigenvalue weighted by atomic mass is 16.6. The Bertz CT molecular complexity index is 1550. The van der Waals surface area contributed by atoms with Gasteiger partial charge >= 0.3 is 12.2 Å². The third-order valence-corrected chi connectivity index (χ3v) is 8.31. The molecule has 2 aromatic heterocycles. The number of hydrogen-bond acceptors (Lipinski definition) is 6. The first kappa shape index (κ1) is 31.4. The SMILES string of the molecule is CC(C)(C)OC(=O)N1CCC[C@@H]1c1ncc(-c2ccc(-c3ccc(-c4cnc([C@H]5CCCN5C(=O)OC(C)(C)C)[nH]4)cc3)cc2)[nH]1. The van der Waals surface area contributed by atoms with Crippen LogP contribution in [-0.2, 0) is 9.47 Å². The van der Waals surface area contributed by atoms with Crippen LogP contribution in [0.5, 0.6) is 0 Å². The fourth-order valence-electron chi connectivity index (χ4n) is 6.17. The summed E-state index contributed by atoms with van der Waals surface area (Å²) < 4.78 is 11.2. The molecular weight excluding hydrogens is 580 g/mol. The molecule has 0 aliphatic carbocycles. The number of nitrogens with one attached hydrogen (secondary N) is 2. The molecule has 2 fully saturated rings. The van der Waals surface area contributed by atoms with E-state index >= 15 is 0 Å². The molecule has 46 heavy (non-hydrogen) atoms. The second kappa shape index (κ2) is 12.3. The lowest BCUT2D eigenvalue weighted by Gasteiger charge is -2.27. The number of carbonyl (C=O) groups excluding carboxylic acids is 2. The van der Waals surface area contributed by atoms with Gasteiger partial charge in [0.2, 0.25) is 0 Å². The zero-order valence-electron chi connectivity index (χ0n) is 27.6. The van der Waals surface area contributed by atoms with Gasteiger partial charge in [-0.2, -0.15) is 0 Å². The summed E-state index contributed by atoms with van der Waals surface area (Å²) in [6, 6.07) is 16.5. The van der Waals surface area contributed by atoms with Gasteiger partial charge in [-0.3, -0.25) is 9.80 Å². The van der Waals surface area contributed by atoms with Crippen LogP contribution in [0.25, 0.3) is 33.6 Å². The van der Waals surface area contributed by atoms with Gasteiger partial charge in [0, 0.05) is 13.1 Å². The van der Waals surface area contributed by atoms with E-state index in [9.17, 15) is 9.59 Å². The lowest BCUT2D eigenvalue weighted by molar-refractivity contribution is 0.0208. The zero-order valence-corrected chi connectivity index (χ0v) is 27.6. The monoisotopic (exact) mass is 624 g/mol. The van der Waals surface area contributed by atoms with E-state index in [1.54, 1.807) is 9.80 Å². The van der Waals surface area contributed by atoms with Gasteiger partial charge in [-0.05, 0) is 89.5 Å². The quantitative estimate of drug-likeness (QED) is 0.231. The van der Waals surface area contributed by atoms with Crippen molar-refractivity contribution in [3.05, 3.63) is 72.6 Å². The number of hydrogen-bond donors (Lipinski definition) is 2. The fourth-order valence-corrected chi connectivity index (χ4v) is 6.17. The molecule has 6 rings (SSSR count). The van der Waals surface area contributed by atoms with Gasteiger partial charge in [0.15, 0.2) is 0 Å². The molecule has 0 saturated carbocycles. The predicted molar refractivity (Wildman–Crippen MR) is 177 cm³/mol. The molecule has 2 aliphatic rings. The summed E-state index contributed by atoms with van der Waals surface area (Å²) in [5.74, 6) is 1.57. The molecule has 0 bridgehead atoms. The Labute approximate surface area is 270 Å². The molecular formula is C36H44N6O4. The number of likely N-dealkylation sites (tertiary alicyclic amines) is 2. The molecule has 0 unspecified atom stereocenters. The molecule has 0 radical (unpaired) electrons. The van der Waals surface area contributed by atoms with Crippen LogP contribution in [0.1, 0.15) is 91.0 Å². The summed E-state index contributed by atoms with van der Waals surface area (Å²) in [5.41, 5.74) is 5.01. The molecule has 10 heteroatoms. The number of carbonyl (C=O) groups is 2. The summed E-state index contributed by atoms with van der Waals surface area (Å²) in [6.45, 7) is 12.6. The number of nitrogens with zero attached hydrogens (tertiary/aromatic N) is 4. The van der Waals surface area contributed by atoms with Crippen LogP contribution in [0.15, 0.2) is 60.9 Å². The summed E-state index contributed by atoms with van der Waals surface area (Å²) in [6.07, 6.45) is 6.62. The fraction of sp³-hybridized carbons (Fsp3) is 0.444. The summed E-state index contributed by atoms with van der Waals surface area (Å²) in [4.78, 5) is 45.2. The predicted octanol–water partition coefficient (Wildman–Crippen LogP) is 8.28. The molecule has 4 heterocycles. The van der Waals surface area contributed by atoms with Crippen molar-refractivity contribution in [3.63, 3.8) is 0 Å². The maximum atomic E-state index is 12.8. The molecule has 2 saturated heterocycles. The van der Waals surface area contributed by atoms with Crippen molar-refractivity contribution < 1.29 is 19.1 Å². The van der Waals surface area contributed by atoms with E-state index in [2.05, 4.69) is 68.5 Å². The standard InChI is InChI=1S/C36H44N6O4/c1-35(2,3)45-33(43)41-19-7-9-29(41)31-37-21-27(39-31)25-15-11-23(12-16-25)24-13-17-26(18-14-24)28-22-38-32(40-28)30-10-8-20-42(30)34(44)46-36(4,5)6/h11-18,21-22,29-30H,7-10,19-20H2,1-6H3,(H,37,39)(H,38,40)/t29-,30-/m1/s1. The van der Waals surface area contributed by atoms with Crippen molar-refractivity contribution in [1.82, 2.24) is 29.7 Å². The minimum absolute atomic E-state index is 0.116. The van der Waals surface area contributed by atoms with E-state index in [1.807, 2.05) is 53.9 Å². The summed E-state index contributed by atoms with van der Waals surface area (Å²) in [5, 5.41) is 0. The molecule has 2 aromatic carbocycles. The molecule has 242 valence electrons. The van der Waals surface area contributed by atoms with E-state index in [0.29, 0.717) is 13.1 Å². The Morgan fingerprint density at radius 3 is 1.33 bits per heavy atom. The van der Waals surface area contributed by atoms with Crippen LogP contribution in [0.4, 0.5) is 9.59 Å². The molecule has 4 aromatic rings. The van der Waals surface area contributed by atoms with Gasteiger partial charge in [0.25, 0.3) is 0 Å². The Morgan fingerprint density at radius 2 is 0.978 bits per heavy atom. The highest BCUT2D eigenvalue weighted by molar-refractivity contribution is 5.72. The second-order valence-corrected chi connectivity index (χ2v) is 14.2. The van der Waals surface area contributed by atoms with Gasteiger partial charge in [-0.15, -0.1) is 0 Å². The largest absolute Gasteiger partial charge is 0.444 e. The van der Waals surface area contributed by atoms with Crippen LogP contribution in [-0.4, -0.2) is 66.2 Å². The van der Waals surface area contributed by atoms with Crippen molar-refractivity contribution >= 4 is 12.2 Å². The summed E-state index contributed by atoms with van der Waals surface area (Å²) in [7, 11) is 0. The van der Waals surface area contributed by atoms with Crippen LogP contribution < -0.4 is 0 Å². The minimum atomic E-state index is -0.536. The highest BCUT2D eigenvalue weighted by Gasteiger charge is 2.36. The third kappa shape index (κ3) is 6.95. The van der Waals surface area contributed by atoms with Gasteiger partial charge in [0.1, 0.15) is 22.9 Å². The van der Waals surface area contributed by atoms with Gasteiger partial charge in [-0.1, -0.05) is 48.5 Å². The minimum Gasteiger partial charge on any atom is -0.444 e. The number of ether oxygens (including phenoxy) is 2. The van der Waals surface area contributed by atoms with E-state index in [1.165, 1.54) is 0 Å². The number of imidazole rings is 2. The number of amides is 2. The molecule has 2 atom stereocenters. The van der Waals surface area contributed by atoms with Crippen molar-refractivity contribution in [2.45, 2.75) is 90.5 Å². The van der Waals surface area contributed by atoms with Crippen molar-refractivity contribution in [2.24, 2.45) is 0 Å². The molecule has 10 nitrogen and oxygen atoms in total. The number of H-pyrrole nitrogens is 2. The highest BCUT2D eigenvalue weighted by Crippen LogP contribution is 2.35. The second-order valence-electron chi connectivity index (χ2n) is 14.2. The van der Waals surface area contributed by atoms with Crippen LogP contribution >= 0.6 is 0 Å².